The Morgan fingerprint density at radius 2 is 1.81 bits per heavy atom. The normalized spacial score (nSPS) is 12.6. The molecule has 2 rings (SSSR count). The number of methoxy groups -OCH3 is 1. The SMILES string of the molecule is CO[C@H](C(C)=O)c1ccc2ccccc2c1. The number of fused-ring (bicyclic) bond motifs is 1. The van der Waals surface area contributed by atoms with Crippen LogP contribution < -0.4 is 0 Å². The van der Waals surface area contributed by atoms with Crippen LogP contribution >= 0.6 is 0 Å². The van der Waals surface area contributed by atoms with E-state index in [4.69, 9.17) is 4.74 Å². The van der Waals surface area contributed by atoms with Gasteiger partial charge in [-0.05, 0) is 29.3 Å². The maximum atomic E-state index is 11.4. The molecule has 2 nitrogen and oxygen atoms in total. The summed E-state index contributed by atoms with van der Waals surface area (Å²) in [4.78, 5) is 11.4. The highest BCUT2D eigenvalue weighted by atomic mass is 16.5. The van der Waals surface area contributed by atoms with Crippen LogP contribution in [-0.4, -0.2) is 12.9 Å². The van der Waals surface area contributed by atoms with E-state index in [1.54, 1.807) is 14.0 Å². The zero-order valence-electron chi connectivity index (χ0n) is 9.44. The van der Waals surface area contributed by atoms with Crippen molar-refractivity contribution in [1.82, 2.24) is 0 Å². The van der Waals surface area contributed by atoms with Gasteiger partial charge in [0.05, 0.1) is 0 Å². The van der Waals surface area contributed by atoms with Crippen molar-refractivity contribution in [3.63, 3.8) is 0 Å². The van der Waals surface area contributed by atoms with Crippen molar-refractivity contribution in [2.24, 2.45) is 0 Å². The molecule has 0 fully saturated rings. The van der Waals surface area contributed by atoms with Gasteiger partial charge in [-0.15, -0.1) is 0 Å². The summed E-state index contributed by atoms with van der Waals surface area (Å²) in [7, 11) is 1.56. The first kappa shape index (κ1) is 10.8. The molecule has 0 aliphatic carbocycles. The molecule has 0 spiro atoms. The zero-order valence-corrected chi connectivity index (χ0v) is 9.44. The van der Waals surface area contributed by atoms with E-state index in [1.165, 1.54) is 5.39 Å². The molecular weight excluding hydrogens is 200 g/mol. The van der Waals surface area contributed by atoms with Crippen LogP contribution in [-0.2, 0) is 9.53 Å². The molecule has 0 bridgehead atoms. The zero-order chi connectivity index (χ0) is 11.5. The topological polar surface area (TPSA) is 26.3 Å². The van der Waals surface area contributed by atoms with Crippen LogP contribution in [0.3, 0.4) is 0 Å². The third kappa shape index (κ3) is 1.97. The van der Waals surface area contributed by atoms with Gasteiger partial charge in [0.25, 0.3) is 0 Å². The van der Waals surface area contributed by atoms with Crippen molar-refractivity contribution in [2.45, 2.75) is 13.0 Å². The number of hydrogen-bond donors (Lipinski definition) is 0. The van der Waals surface area contributed by atoms with Crippen molar-refractivity contribution < 1.29 is 9.53 Å². The van der Waals surface area contributed by atoms with E-state index in [0.717, 1.165) is 10.9 Å². The molecule has 0 aromatic heterocycles. The molecule has 0 amide bonds. The van der Waals surface area contributed by atoms with Crippen LogP contribution in [0.25, 0.3) is 10.8 Å². The lowest BCUT2D eigenvalue weighted by molar-refractivity contribution is -0.126. The van der Waals surface area contributed by atoms with Gasteiger partial charge >= 0.3 is 0 Å². The molecule has 0 unspecified atom stereocenters. The number of carbonyl (C=O) groups excluding carboxylic acids is 1. The van der Waals surface area contributed by atoms with E-state index in [2.05, 4.69) is 6.07 Å². The molecule has 1 atom stereocenters. The molecule has 0 saturated carbocycles. The first-order valence-electron chi connectivity index (χ1n) is 5.24. The van der Waals surface area contributed by atoms with Crippen LogP contribution in [0.5, 0.6) is 0 Å². The van der Waals surface area contributed by atoms with Gasteiger partial charge < -0.3 is 4.74 Å². The first-order valence-corrected chi connectivity index (χ1v) is 5.24. The van der Waals surface area contributed by atoms with Gasteiger partial charge in [0.1, 0.15) is 6.10 Å². The Kier molecular flexibility index (Phi) is 3.02. The van der Waals surface area contributed by atoms with Crippen molar-refractivity contribution in [2.75, 3.05) is 7.11 Å². The molecule has 2 aromatic carbocycles. The minimum absolute atomic E-state index is 0.0257. The molecule has 0 heterocycles. The highest BCUT2D eigenvalue weighted by Crippen LogP contribution is 2.22. The third-order valence-electron chi connectivity index (χ3n) is 2.68. The van der Waals surface area contributed by atoms with E-state index in [-0.39, 0.29) is 5.78 Å². The Labute approximate surface area is 94.8 Å². The van der Waals surface area contributed by atoms with E-state index in [0.29, 0.717) is 0 Å². The second-order valence-electron chi connectivity index (χ2n) is 3.83. The van der Waals surface area contributed by atoms with Crippen molar-refractivity contribution in [1.29, 1.82) is 0 Å². The molecule has 82 valence electrons. The summed E-state index contributed by atoms with van der Waals surface area (Å²) in [5.41, 5.74) is 0.911. The Morgan fingerprint density at radius 1 is 1.12 bits per heavy atom. The van der Waals surface area contributed by atoms with Crippen molar-refractivity contribution >= 4 is 16.6 Å². The lowest BCUT2D eigenvalue weighted by Gasteiger charge is -2.12. The number of hydrogen-bond acceptors (Lipinski definition) is 2. The Bertz CT molecular complexity index is 517. The van der Waals surface area contributed by atoms with Gasteiger partial charge in [-0.3, -0.25) is 4.79 Å². The van der Waals surface area contributed by atoms with Gasteiger partial charge in [0.15, 0.2) is 5.78 Å². The highest BCUT2D eigenvalue weighted by molar-refractivity contribution is 5.86. The number of Topliss-reactive ketones (excluding diaryl/α,β-unsaturated/α-hetero) is 1. The lowest BCUT2D eigenvalue weighted by atomic mass is 10.0. The molecule has 0 N–H and O–H groups in total. The summed E-state index contributed by atoms with van der Waals surface area (Å²) >= 11 is 0. The standard InChI is InChI=1S/C14H14O2/c1-10(15)14(16-2)13-8-7-11-5-3-4-6-12(11)9-13/h3-9,14H,1-2H3/t14-/m1/s1. The molecule has 0 aliphatic heterocycles. The summed E-state index contributed by atoms with van der Waals surface area (Å²) in [5.74, 6) is 0.0257. The maximum Gasteiger partial charge on any atom is 0.163 e. The second-order valence-corrected chi connectivity index (χ2v) is 3.83. The quantitative estimate of drug-likeness (QED) is 0.784. The first-order chi connectivity index (χ1) is 7.72. The summed E-state index contributed by atoms with van der Waals surface area (Å²) in [6.45, 7) is 1.54. The Balaban J connectivity index is 2.49. The molecule has 16 heavy (non-hydrogen) atoms. The maximum absolute atomic E-state index is 11.4. The Hall–Kier alpha value is -1.67. The summed E-state index contributed by atoms with van der Waals surface area (Å²) < 4.78 is 5.20. The molecule has 0 aliphatic rings. The van der Waals surface area contributed by atoms with Crippen molar-refractivity contribution in [3.05, 3.63) is 48.0 Å². The summed E-state index contributed by atoms with van der Waals surface area (Å²) in [5, 5.41) is 2.30. The minimum Gasteiger partial charge on any atom is -0.369 e. The number of ether oxygens (including phenoxy) is 1. The predicted octanol–water partition coefficient (Wildman–Crippen LogP) is 3.12. The van der Waals surface area contributed by atoms with Crippen LogP contribution in [0, 0.1) is 0 Å². The lowest BCUT2D eigenvalue weighted by Crippen LogP contribution is -2.10. The summed E-state index contributed by atoms with van der Waals surface area (Å²) in [6, 6.07) is 14.0. The molecular formula is C14H14O2. The van der Waals surface area contributed by atoms with E-state index in [1.807, 2.05) is 36.4 Å². The summed E-state index contributed by atoms with van der Waals surface area (Å²) in [6.07, 6.45) is -0.454. The second kappa shape index (κ2) is 4.45. The van der Waals surface area contributed by atoms with Crippen molar-refractivity contribution in [3.8, 4) is 0 Å². The molecule has 2 aromatic rings. The average molecular weight is 214 g/mol. The third-order valence-corrected chi connectivity index (χ3v) is 2.68. The number of carbonyl (C=O) groups is 1. The van der Waals surface area contributed by atoms with Crippen LogP contribution in [0.15, 0.2) is 42.5 Å². The van der Waals surface area contributed by atoms with E-state index in [9.17, 15) is 4.79 Å². The van der Waals surface area contributed by atoms with Gasteiger partial charge in [-0.2, -0.15) is 0 Å². The van der Waals surface area contributed by atoms with Gasteiger partial charge in [0, 0.05) is 7.11 Å². The van der Waals surface area contributed by atoms with Gasteiger partial charge in [-0.25, -0.2) is 0 Å². The van der Waals surface area contributed by atoms with Crippen LogP contribution in [0.4, 0.5) is 0 Å². The van der Waals surface area contributed by atoms with E-state index < -0.39 is 6.10 Å². The largest absolute Gasteiger partial charge is 0.369 e. The van der Waals surface area contributed by atoms with Gasteiger partial charge in [0.2, 0.25) is 0 Å². The number of rotatable bonds is 3. The molecule has 2 heteroatoms. The molecule has 0 saturated heterocycles. The Morgan fingerprint density at radius 3 is 2.44 bits per heavy atom. The predicted molar refractivity (Wildman–Crippen MR) is 64.4 cm³/mol. The average Bonchev–Trinajstić information content (AvgIpc) is 2.29. The molecule has 0 radical (unpaired) electrons. The number of ketones is 1. The fourth-order valence-corrected chi connectivity index (χ4v) is 1.91. The van der Waals surface area contributed by atoms with Gasteiger partial charge in [-0.1, -0.05) is 36.4 Å². The van der Waals surface area contributed by atoms with Crippen LogP contribution in [0.2, 0.25) is 0 Å². The van der Waals surface area contributed by atoms with Crippen LogP contribution in [0.1, 0.15) is 18.6 Å². The smallest absolute Gasteiger partial charge is 0.163 e. The van der Waals surface area contributed by atoms with E-state index >= 15 is 0 Å². The minimum atomic E-state index is -0.454. The monoisotopic (exact) mass is 214 g/mol. The number of benzene rings is 2. The fourth-order valence-electron chi connectivity index (χ4n) is 1.91. The highest BCUT2D eigenvalue weighted by Gasteiger charge is 2.15. The fraction of sp³-hybridized carbons (Fsp3) is 0.214.